The van der Waals surface area contributed by atoms with E-state index in [1.54, 1.807) is 40.9 Å². The summed E-state index contributed by atoms with van der Waals surface area (Å²) in [6.07, 6.45) is 0.962. The van der Waals surface area contributed by atoms with E-state index in [0.717, 1.165) is 0 Å². The van der Waals surface area contributed by atoms with Gasteiger partial charge in [-0.25, -0.2) is 9.59 Å². The number of alkyl carbamates (subject to hydrolysis) is 1. The van der Waals surface area contributed by atoms with Crippen molar-refractivity contribution < 1.29 is 19.1 Å². The monoisotopic (exact) mass is 323 g/mol. The fourth-order valence-electron chi connectivity index (χ4n) is 2.44. The van der Waals surface area contributed by atoms with Gasteiger partial charge in [0.15, 0.2) is 5.54 Å². The van der Waals surface area contributed by atoms with Crippen molar-refractivity contribution in [3.8, 4) is 0 Å². The lowest BCUT2D eigenvalue weighted by Crippen LogP contribution is -2.53. The SMILES string of the molecule is Cc1nn(C)cc1C1(CNC(=O)OC(C)(C)C)NC(=O)NC1=O. The number of amides is 4. The van der Waals surface area contributed by atoms with E-state index in [4.69, 9.17) is 4.74 Å². The molecule has 23 heavy (non-hydrogen) atoms. The van der Waals surface area contributed by atoms with Gasteiger partial charge in [0.05, 0.1) is 12.2 Å². The van der Waals surface area contributed by atoms with E-state index in [-0.39, 0.29) is 6.54 Å². The number of nitrogens with one attached hydrogen (secondary N) is 3. The van der Waals surface area contributed by atoms with Gasteiger partial charge in [0.25, 0.3) is 5.91 Å². The number of nitrogens with zero attached hydrogens (tertiary/aromatic N) is 2. The van der Waals surface area contributed by atoms with Crippen LogP contribution in [0.4, 0.5) is 9.59 Å². The van der Waals surface area contributed by atoms with Gasteiger partial charge >= 0.3 is 12.1 Å². The molecule has 1 atom stereocenters. The average molecular weight is 323 g/mol. The minimum absolute atomic E-state index is 0.147. The van der Waals surface area contributed by atoms with Crippen LogP contribution in [-0.2, 0) is 22.1 Å². The molecule has 1 aliphatic heterocycles. The van der Waals surface area contributed by atoms with E-state index in [2.05, 4.69) is 21.0 Å². The summed E-state index contributed by atoms with van der Waals surface area (Å²) in [5.41, 5.74) is -0.982. The molecule has 1 saturated heterocycles. The lowest BCUT2D eigenvalue weighted by atomic mass is 9.90. The van der Waals surface area contributed by atoms with Gasteiger partial charge in [0.2, 0.25) is 0 Å². The Morgan fingerprint density at radius 1 is 1.43 bits per heavy atom. The Bertz CT molecular complexity index is 661. The fraction of sp³-hybridized carbons (Fsp3) is 0.571. The predicted octanol–water partition coefficient (Wildman–Crippen LogP) is 0.288. The number of urea groups is 1. The number of hydrogen-bond donors (Lipinski definition) is 3. The zero-order valence-corrected chi connectivity index (χ0v) is 13.8. The van der Waals surface area contributed by atoms with Gasteiger partial charge < -0.3 is 15.4 Å². The Morgan fingerprint density at radius 2 is 2.09 bits per heavy atom. The van der Waals surface area contributed by atoms with Crippen LogP contribution in [-0.4, -0.2) is 40.0 Å². The van der Waals surface area contributed by atoms with Gasteiger partial charge in [-0.1, -0.05) is 0 Å². The number of carbonyl (C=O) groups excluding carboxylic acids is 3. The minimum atomic E-state index is -1.41. The smallest absolute Gasteiger partial charge is 0.407 e. The molecule has 9 nitrogen and oxygen atoms in total. The van der Waals surface area contributed by atoms with E-state index in [1.807, 2.05) is 0 Å². The van der Waals surface area contributed by atoms with Crippen molar-refractivity contribution in [2.24, 2.45) is 7.05 Å². The first-order valence-corrected chi connectivity index (χ1v) is 7.15. The van der Waals surface area contributed by atoms with Gasteiger partial charge in [-0.3, -0.25) is 14.8 Å². The predicted molar refractivity (Wildman–Crippen MR) is 80.5 cm³/mol. The minimum Gasteiger partial charge on any atom is -0.444 e. The molecule has 3 N–H and O–H groups in total. The Morgan fingerprint density at radius 3 is 2.52 bits per heavy atom. The number of carbonyl (C=O) groups is 3. The highest BCUT2D eigenvalue weighted by atomic mass is 16.6. The normalized spacial score (nSPS) is 20.9. The first kappa shape index (κ1) is 16.8. The molecule has 0 spiro atoms. The van der Waals surface area contributed by atoms with Crippen molar-refractivity contribution in [3.63, 3.8) is 0 Å². The molecule has 9 heteroatoms. The van der Waals surface area contributed by atoms with Crippen molar-refractivity contribution >= 4 is 18.0 Å². The zero-order valence-electron chi connectivity index (χ0n) is 13.8. The Labute approximate surface area is 133 Å². The number of aromatic nitrogens is 2. The van der Waals surface area contributed by atoms with E-state index in [0.29, 0.717) is 11.3 Å². The molecule has 1 aliphatic rings. The molecule has 1 aromatic rings. The molecule has 0 radical (unpaired) electrons. The van der Waals surface area contributed by atoms with Crippen LogP contribution in [0, 0.1) is 6.92 Å². The molecule has 1 aromatic heterocycles. The second-order valence-electron chi connectivity index (χ2n) is 6.47. The molecular weight excluding hydrogens is 302 g/mol. The van der Waals surface area contributed by atoms with Crippen molar-refractivity contribution in [1.82, 2.24) is 25.7 Å². The van der Waals surface area contributed by atoms with Gasteiger partial charge in [-0.15, -0.1) is 0 Å². The number of imide groups is 1. The highest BCUT2D eigenvalue weighted by Crippen LogP contribution is 2.26. The number of aryl methyl sites for hydroxylation is 2. The molecule has 0 aliphatic carbocycles. The second kappa shape index (κ2) is 5.56. The Balaban J connectivity index is 2.26. The molecule has 126 valence electrons. The summed E-state index contributed by atoms with van der Waals surface area (Å²) in [5, 5.41) is 11.5. The Kier molecular flexibility index (Phi) is 4.06. The Hall–Kier alpha value is -2.58. The standard InChI is InChI=1S/C14H21N5O4/c1-8-9(6-19(5)18-8)14(10(20)16-11(21)17-14)7-15-12(22)23-13(2,3)4/h6H,7H2,1-5H3,(H,15,22)(H2,16,17,20,21). The lowest BCUT2D eigenvalue weighted by molar-refractivity contribution is -0.124. The van der Waals surface area contributed by atoms with Gasteiger partial charge in [0.1, 0.15) is 5.60 Å². The van der Waals surface area contributed by atoms with Crippen molar-refractivity contribution in [1.29, 1.82) is 0 Å². The number of ether oxygens (including phenoxy) is 1. The molecule has 0 saturated carbocycles. The lowest BCUT2D eigenvalue weighted by Gasteiger charge is -2.27. The highest BCUT2D eigenvalue weighted by molar-refractivity contribution is 6.07. The summed E-state index contributed by atoms with van der Waals surface area (Å²) in [6.45, 7) is 6.78. The van der Waals surface area contributed by atoms with Gasteiger partial charge in [-0.2, -0.15) is 5.10 Å². The van der Waals surface area contributed by atoms with Crippen LogP contribution in [0.15, 0.2) is 6.20 Å². The third-order valence-electron chi connectivity index (χ3n) is 3.31. The second-order valence-corrected chi connectivity index (χ2v) is 6.47. The summed E-state index contributed by atoms with van der Waals surface area (Å²) < 4.78 is 6.70. The summed E-state index contributed by atoms with van der Waals surface area (Å²) >= 11 is 0. The zero-order chi connectivity index (χ0) is 17.4. The third-order valence-corrected chi connectivity index (χ3v) is 3.31. The summed E-state index contributed by atoms with van der Waals surface area (Å²) in [4.78, 5) is 35.8. The molecule has 1 unspecified atom stereocenters. The maximum Gasteiger partial charge on any atom is 0.407 e. The molecule has 4 amide bonds. The van der Waals surface area contributed by atoms with Crippen LogP contribution in [0.1, 0.15) is 32.0 Å². The summed E-state index contributed by atoms with van der Waals surface area (Å²) in [6, 6.07) is -0.621. The molecule has 0 aromatic carbocycles. The van der Waals surface area contributed by atoms with Crippen LogP contribution in [0.25, 0.3) is 0 Å². The van der Waals surface area contributed by atoms with Crippen LogP contribution < -0.4 is 16.0 Å². The largest absolute Gasteiger partial charge is 0.444 e. The van der Waals surface area contributed by atoms with Gasteiger partial charge in [-0.05, 0) is 27.7 Å². The summed E-state index contributed by atoms with van der Waals surface area (Å²) in [7, 11) is 1.71. The topological polar surface area (TPSA) is 114 Å². The molecule has 2 heterocycles. The third kappa shape index (κ3) is 3.43. The van der Waals surface area contributed by atoms with Crippen molar-refractivity contribution in [3.05, 3.63) is 17.5 Å². The van der Waals surface area contributed by atoms with Crippen LogP contribution >= 0.6 is 0 Å². The van der Waals surface area contributed by atoms with Gasteiger partial charge in [0, 0.05) is 18.8 Å². The molecule has 1 fully saturated rings. The maximum absolute atomic E-state index is 12.3. The van der Waals surface area contributed by atoms with E-state index in [9.17, 15) is 14.4 Å². The van der Waals surface area contributed by atoms with Crippen LogP contribution in [0.2, 0.25) is 0 Å². The van der Waals surface area contributed by atoms with E-state index < -0.39 is 29.2 Å². The van der Waals surface area contributed by atoms with Crippen molar-refractivity contribution in [2.75, 3.05) is 6.54 Å². The van der Waals surface area contributed by atoms with E-state index >= 15 is 0 Å². The van der Waals surface area contributed by atoms with Crippen LogP contribution in [0.5, 0.6) is 0 Å². The molecule has 2 rings (SSSR count). The highest BCUT2D eigenvalue weighted by Gasteiger charge is 2.49. The maximum atomic E-state index is 12.3. The first-order valence-electron chi connectivity index (χ1n) is 7.15. The fourth-order valence-corrected chi connectivity index (χ4v) is 2.44. The quantitative estimate of drug-likeness (QED) is 0.692. The molecule has 0 bridgehead atoms. The number of rotatable bonds is 3. The summed E-state index contributed by atoms with van der Waals surface area (Å²) in [5.74, 6) is -0.547. The van der Waals surface area contributed by atoms with Crippen LogP contribution in [0.3, 0.4) is 0 Å². The molecular formula is C14H21N5O4. The van der Waals surface area contributed by atoms with E-state index in [1.165, 1.54) is 4.68 Å². The van der Waals surface area contributed by atoms with Crippen molar-refractivity contribution in [2.45, 2.75) is 38.8 Å². The number of hydrogen-bond acceptors (Lipinski definition) is 5. The first-order chi connectivity index (χ1) is 10.5. The average Bonchev–Trinajstić information content (AvgIpc) is 2.85.